The van der Waals surface area contributed by atoms with E-state index in [9.17, 15) is 9.59 Å². The Kier molecular flexibility index (Phi) is 3.92. The summed E-state index contributed by atoms with van der Waals surface area (Å²) in [6.07, 6.45) is 2.31. The van der Waals surface area contributed by atoms with Gasteiger partial charge in [-0.3, -0.25) is 14.3 Å². The third kappa shape index (κ3) is 3.28. The number of hydrogen-bond donors (Lipinski definition) is 1. The first-order valence-corrected chi connectivity index (χ1v) is 7.31. The van der Waals surface area contributed by atoms with Gasteiger partial charge in [-0.05, 0) is 24.6 Å². The van der Waals surface area contributed by atoms with Gasteiger partial charge in [0.1, 0.15) is 5.71 Å². The van der Waals surface area contributed by atoms with Gasteiger partial charge >= 0.3 is 0 Å². The molecule has 7 nitrogen and oxygen atoms in total. The molecule has 0 fully saturated rings. The van der Waals surface area contributed by atoms with Gasteiger partial charge in [-0.1, -0.05) is 12.1 Å². The van der Waals surface area contributed by atoms with Crippen LogP contribution in [0.3, 0.4) is 0 Å². The van der Waals surface area contributed by atoms with Gasteiger partial charge in [-0.15, -0.1) is 0 Å². The lowest BCUT2D eigenvalue weighted by atomic mass is 10.1. The average molecular weight is 311 g/mol. The maximum atomic E-state index is 12.3. The molecule has 1 aromatic carbocycles. The molecule has 0 bridgehead atoms. The maximum absolute atomic E-state index is 12.3. The van der Waals surface area contributed by atoms with Crippen molar-refractivity contribution in [1.82, 2.24) is 9.78 Å². The number of carbonyl (C=O) groups is 2. The van der Waals surface area contributed by atoms with Gasteiger partial charge in [0.05, 0.1) is 5.69 Å². The molecule has 1 aliphatic rings. The summed E-state index contributed by atoms with van der Waals surface area (Å²) in [6, 6.07) is 9.16. The summed E-state index contributed by atoms with van der Waals surface area (Å²) in [5.74, 6) is -0.00181. The van der Waals surface area contributed by atoms with Crippen molar-refractivity contribution in [3.05, 3.63) is 42.1 Å². The molecule has 118 valence electrons. The average Bonchev–Trinajstić information content (AvgIpc) is 2.92. The van der Waals surface area contributed by atoms with Crippen LogP contribution in [-0.4, -0.2) is 27.3 Å². The molecule has 2 amide bonds. The minimum Gasteiger partial charge on any atom is -0.304 e. The van der Waals surface area contributed by atoms with Crippen LogP contribution in [0.2, 0.25) is 0 Å². The summed E-state index contributed by atoms with van der Waals surface area (Å²) >= 11 is 0. The zero-order valence-electron chi connectivity index (χ0n) is 13.0. The van der Waals surface area contributed by atoms with E-state index in [4.69, 9.17) is 0 Å². The molecule has 1 N–H and O–H groups in total. The summed E-state index contributed by atoms with van der Waals surface area (Å²) in [4.78, 5) is 24.4. The maximum Gasteiger partial charge on any atom is 0.273 e. The smallest absolute Gasteiger partial charge is 0.273 e. The number of aromatic nitrogens is 2. The molecule has 1 aromatic heterocycles. The lowest BCUT2D eigenvalue weighted by Gasteiger charge is -2.23. The molecule has 2 heterocycles. The number of hydrazone groups is 1. The zero-order chi connectivity index (χ0) is 16.4. The second-order valence-corrected chi connectivity index (χ2v) is 5.42. The Hall–Kier alpha value is -2.96. The van der Waals surface area contributed by atoms with Crippen LogP contribution in [0, 0.1) is 6.92 Å². The molecule has 2 aromatic rings. The quantitative estimate of drug-likeness (QED) is 0.939. The molecular formula is C16H17N5O2. The van der Waals surface area contributed by atoms with Crippen molar-refractivity contribution in [2.24, 2.45) is 12.1 Å². The van der Waals surface area contributed by atoms with Gasteiger partial charge in [0.15, 0.2) is 5.82 Å². The predicted molar refractivity (Wildman–Crippen MR) is 87.2 cm³/mol. The Labute approximate surface area is 133 Å². The topological polar surface area (TPSA) is 79.6 Å². The van der Waals surface area contributed by atoms with Gasteiger partial charge in [0.25, 0.3) is 5.91 Å². The summed E-state index contributed by atoms with van der Waals surface area (Å²) in [5, 5.41) is 12.3. The van der Waals surface area contributed by atoms with E-state index >= 15 is 0 Å². The van der Waals surface area contributed by atoms with Crippen molar-refractivity contribution in [2.45, 2.75) is 19.8 Å². The third-order valence-electron chi connectivity index (χ3n) is 3.50. The van der Waals surface area contributed by atoms with Gasteiger partial charge in [-0.2, -0.15) is 10.2 Å². The lowest BCUT2D eigenvalue weighted by Crippen LogP contribution is -2.36. The highest BCUT2D eigenvalue weighted by Gasteiger charge is 2.25. The Bertz CT molecular complexity index is 793. The Morgan fingerprint density at radius 1 is 1.26 bits per heavy atom. The highest BCUT2D eigenvalue weighted by Crippen LogP contribution is 2.21. The Morgan fingerprint density at radius 2 is 2.09 bits per heavy atom. The second-order valence-electron chi connectivity index (χ2n) is 5.42. The highest BCUT2D eigenvalue weighted by molar-refractivity contribution is 6.44. The summed E-state index contributed by atoms with van der Waals surface area (Å²) in [5.41, 5.74) is 2.00. The third-order valence-corrected chi connectivity index (χ3v) is 3.50. The summed E-state index contributed by atoms with van der Waals surface area (Å²) in [7, 11) is 1.77. The van der Waals surface area contributed by atoms with Crippen LogP contribution in [0.5, 0.6) is 0 Å². The molecule has 0 aliphatic carbocycles. The van der Waals surface area contributed by atoms with E-state index in [0.717, 1.165) is 5.56 Å². The van der Waals surface area contributed by atoms with Crippen molar-refractivity contribution < 1.29 is 9.59 Å². The van der Waals surface area contributed by atoms with E-state index in [2.05, 4.69) is 15.5 Å². The van der Waals surface area contributed by atoms with Crippen LogP contribution in [0.1, 0.15) is 18.4 Å². The van der Waals surface area contributed by atoms with Crippen LogP contribution in [-0.2, 0) is 16.6 Å². The Balaban J connectivity index is 1.83. The first kappa shape index (κ1) is 15.0. The molecule has 0 unspecified atom stereocenters. The first-order chi connectivity index (χ1) is 11.0. The number of aryl methyl sites for hydroxylation is 2. The number of amides is 2. The zero-order valence-corrected chi connectivity index (χ0v) is 13.0. The molecule has 0 atom stereocenters. The van der Waals surface area contributed by atoms with Gasteiger partial charge in [0, 0.05) is 32.2 Å². The number of carbonyl (C=O) groups excluding carboxylic acids is 2. The van der Waals surface area contributed by atoms with Crippen molar-refractivity contribution in [2.75, 3.05) is 10.3 Å². The van der Waals surface area contributed by atoms with Gasteiger partial charge in [0.2, 0.25) is 5.91 Å². The minimum atomic E-state index is -0.339. The second kappa shape index (κ2) is 6.04. The predicted octanol–water partition coefficient (Wildman–Crippen LogP) is 1.85. The Morgan fingerprint density at radius 3 is 2.78 bits per heavy atom. The number of nitrogens with zero attached hydrogens (tertiary/aromatic N) is 4. The summed E-state index contributed by atoms with van der Waals surface area (Å²) < 4.78 is 1.60. The van der Waals surface area contributed by atoms with E-state index < -0.39 is 0 Å². The van der Waals surface area contributed by atoms with Crippen LogP contribution >= 0.6 is 0 Å². The van der Waals surface area contributed by atoms with E-state index in [-0.39, 0.29) is 18.2 Å². The number of hydrogen-bond acceptors (Lipinski definition) is 4. The normalized spacial score (nSPS) is 14.6. The monoisotopic (exact) mass is 311 g/mol. The van der Waals surface area contributed by atoms with Crippen molar-refractivity contribution in [3.8, 4) is 0 Å². The molecule has 3 rings (SSSR count). The molecule has 0 spiro atoms. The van der Waals surface area contributed by atoms with Crippen LogP contribution in [0.25, 0.3) is 0 Å². The standard InChI is InChI=1S/C16H17N5O2/c1-11-4-3-5-12(10-11)21-15(22)7-6-13(18-21)16(23)17-14-8-9-20(2)19-14/h3-5,8-10H,6-7H2,1-2H3,(H,17,19,23). The number of anilines is 2. The minimum absolute atomic E-state index is 0.120. The summed E-state index contributed by atoms with van der Waals surface area (Å²) in [6.45, 7) is 1.94. The highest BCUT2D eigenvalue weighted by atomic mass is 16.2. The molecule has 0 saturated carbocycles. The van der Waals surface area contributed by atoms with E-state index in [0.29, 0.717) is 23.6 Å². The van der Waals surface area contributed by atoms with Crippen LogP contribution in [0.15, 0.2) is 41.6 Å². The first-order valence-electron chi connectivity index (χ1n) is 7.31. The van der Waals surface area contributed by atoms with E-state index in [1.165, 1.54) is 5.01 Å². The van der Waals surface area contributed by atoms with Crippen LogP contribution in [0.4, 0.5) is 11.5 Å². The number of nitrogens with one attached hydrogen (secondary N) is 1. The van der Waals surface area contributed by atoms with Crippen molar-refractivity contribution >= 4 is 29.0 Å². The fraction of sp³-hybridized carbons (Fsp3) is 0.250. The fourth-order valence-corrected chi connectivity index (χ4v) is 2.35. The van der Waals surface area contributed by atoms with E-state index in [1.54, 1.807) is 30.1 Å². The van der Waals surface area contributed by atoms with Gasteiger partial charge in [-0.25, -0.2) is 5.01 Å². The SMILES string of the molecule is Cc1cccc(N2N=C(C(=O)Nc3ccn(C)n3)CCC2=O)c1. The molecule has 0 radical (unpaired) electrons. The molecular weight excluding hydrogens is 294 g/mol. The largest absolute Gasteiger partial charge is 0.304 e. The molecule has 7 heteroatoms. The van der Waals surface area contributed by atoms with Gasteiger partial charge < -0.3 is 5.32 Å². The molecule has 23 heavy (non-hydrogen) atoms. The van der Waals surface area contributed by atoms with Crippen LogP contribution < -0.4 is 10.3 Å². The lowest BCUT2D eigenvalue weighted by molar-refractivity contribution is -0.118. The number of benzene rings is 1. The van der Waals surface area contributed by atoms with E-state index in [1.807, 2.05) is 25.1 Å². The number of rotatable bonds is 3. The van der Waals surface area contributed by atoms with Crippen molar-refractivity contribution in [1.29, 1.82) is 0 Å². The fourth-order valence-electron chi connectivity index (χ4n) is 2.35. The molecule has 1 aliphatic heterocycles. The van der Waals surface area contributed by atoms with Crippen molar-refractivity contribution in [3.63, 3.8) is 0 Å². The molecule has 0 saturated heterocycles.